The van der Waals surface area contributed by atoms with Crippen molar-refractivity contribution < 1.29 is 0 Å². The number of nitrogens with zero attached hydrogens (tertiary/aromatic N) is 3. The highest BCUT2D eigenvalue weighted by Crippen LogP contribution is 2.43. The van der Waals surface area contributed by atoms with E-state index in [0.717, 1.165) is 24.5 Å². The topological polar surface area (TPSA) is 81.1 Å². The van der Waals surface area contributed by atoms with Gasteiger partial charge in [-0.25, -0.2) is 4.98 Å². The average Bonchev–Trinajstić information content (AvgIpc) is 2.18. The molecule has 0 radical (unpaired) electrons. The van der Waals surface area contributed by atoms with Crippen molar-refractivity contribution in [1.82, 2.24) is 9.97 Å². The van der Waals surface area contributed by atoms with Crippen LogP contribution in [0.1, 0.15) is 24.5 Å². The van der Waals surface area contributed by atoms with E-state index >= 15 is 0 Å². The van der Waals surface area contributed by atoms with Crippen molar-refractivity contribution >= 4 is 17.5 Å². The molecule has 0 saturated carbocycles. The van der Waals surface area contributed by atoms with Gasteiger partial charge in [-0.2, -0.15) is 4.98 Å². The van der Waals surface area contributed by atoms with E-state index in [4.69, 9.17) is 11.5 Å². The van der Waals surface area contributed by atoms with E-state index in [9.17, 15) is 0 Å². The molecule has 5 heteroatoms. The van der Waals surface area contributed by atoms with Gasteiger partial charge in [0.15, 0.2) is 5.82 Å². The molecule has 5 nitrogen and oxygen atoms in total. The molecule has 1 fully saturated rings. The van der Waals surface area contributed by atoms with Crippen LogP contribution >= 0.6 is 0 Å². The van der Waals surface area contributed by atoms with Crippen LogP contribution in [-0.2, 0) is 0 Å². The molecular weight excluding hydrogens is 178 g/mol. The van der Waals surface area contributed by atoms with Crippen LogP contribution in [-0.4, -0.2) is 23.1 Å². The number of hydrogen-bond donors (Lipinski definition) is 2. The Kier molecular flexibility index (Phi) is 1.40. The molecule has 1 aromatic rings. The van der Waals surface area contributed by atoms with Gasteiger partial charge in [-0.05, 0) is 12.8 Å². The minimum absolute atomic E-state index is 0.301. The second-order valence-electron chi connectivity index (χ2n) is 3.96. The number of anilines is 3. The SMILES string of the molecule is Nc1nc(N)c2c(n1)C1CCN2CC1. The molecule has 3 aliphatic rings. The van der Waals surface area contributed by atoms with Gasteiger partial charge in [0.05, 0.1) is 5.69 Å². The summed E-state index contributed by atoms with van der Waals surface area (Å²) in [6, 6.07) is 0. The number of fused-ring (bicyclic) bond motifs is 2. The Morgan fingerprint density at radius 3 is 2.57 bits per heavy atom. The van der Waals surface area contributed by atoms with Crippen molar-refractivity contribution in [2.24, 2.45) is 0 Å². The molecule has 0 unspecified atom stereocenters. The first-order valence-electron chi connectivity index (χ1n) is 4.93. The van der Waals surface area contributed by atoms with Crippen molar-refractivity contribution in [3.63, 3.8) is 0 Å². The molecule has 0 aromatic carbocycles. The Balaban J connectivity index is 2.24. The molecule has 0 spiro atoms. The van der Waals surface area contributed by atoms with Crippen LogP contribution in [0.4, 0.5) is 17.5 Å². The quantitative estimate of drug-likeness (QED) is 0.618. The lowest BCUT2D eigenvalue weighted by molar-refractivity contribution is 0.464. The zero-order chi connectivity index (χ0) is 9.71. The molecule has 0 aliphatic carbocycles. The molecule has 2 bridgehead atoms. The Hall–Kier alpha value is -1.52. The predicted octanol–water partition coefficient (Wildman–Crippen LogP) is 0.338. The number of piperidine rings is 1. The van der Waals surface area contributed by atoms with Gasteiger partial charge < -0.3 is 16.4 Å². The zero-order valence-electron chi connectivity index (χ0n) is 7.90. The van der Waals surface area contributed by atoms with Crippen LogP contribution in [0.25, 0.3) is 0 Å². The van der Waals surface area contributed by atoms with E-state index in [1.165, 1.54) is 12.8 Å². The third-order valence-electron chi connectivity index (χ3n) is 3.15. The summed E-state index contributed by atoms with van der Waals surface area (Å²) in [7, 11) is 0. The van der Waals surface area contributed by atoms with Crippen molar-refractivity contribution in [2.75, 3.05) is 29.5 Å². The largest absolute Gasteiger partial charge is 0.382 e. The van der Waals surface area contributed by atoms with Gasteiger partial charge in [0.25, 0.3) is 0 Å². The minimum Gasteiger partial charge on any atom is -0.382 e. The smallest absolute Gasteiger partial charge is 0.222 e. The van der Waals surface area contributed by atoms with Gasteiger partial charge in [-0.3, -0.25) is 0 Å². The fourth-order valence-corrected chi connectivity index (χ4v) is 2.49. The third kappa shape index (κ3) is 0.893. The monoisotopic (exact) mass is 191 g/mol. The molecule has 4 N–H and O–H groups in total. The maximum atomic E-state index is 5.86. The van der Waals surface area contributed by atoms with Gasteiger partial charge in [0.2, 0.25) is 5.95 Å². The van der Waals surface area contributed by atoms with Crippen LogP contribution in [0.2, 0.25) is 0 Å². The van der Waals surface area contributed by atoms with Crippen LogP contribution in [0.5, 0.6) is 0 Å². The summed E-state index contributed by atoms with van der Waals surface area (Å²) in [5.41, 5.74) is 13.5. The van der Waals surface area contributed by atoms with Gasteiger partial charge in [-0.15, -0.1) is 0 Å². The second kappa shape index (κ2) is 2.50. The van der Waals surface area contributed by atoms with E-state index in [2.05, 4.69) is 14.9 Å². The lowest BCUT2D eigenvalue weighted by Crippen LogP contribution is -2.40. The molecule has 4 heterocycles. The van der Waals surface area contributed by atoms with Crippen molar-refractivity contribution in [1.29, 1.82) is 0 Å². The van der Waals surface area contributed by atoms with Gasteiger partial charge in [0, 0.05) is 19.0 Å². The highest BCUT2D eigenvalue weighted by atomic mass is 15.2. The highest BCUT2D eigenvalue weighted by molar-refractivity contribution is 5.70. The number of nitrogens with two attached hydrogens (primary N) is 2. The second-order valence-corrected chi connectivity index (χ2v) is 3.96. The van der Waals surface area contributed by atoms with E-state index in [1.54, 1.807) is 0 Å². The Morgan fingerprint density at radius 1 is 1.14 bits per heavy atom. The first-order valence-corrected chi connectivity index (χ1v) is 4.93. The first-order chi connectivity index (χ1) is 6.75. The highest BCUT2D eigenvalue weighted by Gasteiger charge is 2.34. The summed E-state index contributed by atoms with van der Waals surface area (Å²) in [4.78, 5) is 10.6. The summed E-state index contributed by atoms with van der Waals surface area (Å²) >= 11 is 0. The number of hydrogen-bond acceptors (Lipinski definition) is 5. The molecule has 74 valence electrons. The molecule has 3 aliphatic heterocycles. The third-order valence-corrected chi connectivity index (χ3v) is 3.15. The molecule has 0 atom stereocenters. The summed E-state index contributed by atoms with van der Waals surface area (Å²) in [6.07, 6.45) is 2.34. The van der Waals surface area contributed by atoms with Crippen molar-refractivity contribution in [3.8, 4) is 0 Å². The lowest BCUT2D eigenvalue weighted by Gasteiger charge is -2.41. The van der Waals surface area contributed by atoms with Crippen LogP contribution in [0.3, 0.4) is 0 Å². The summed E-state index contributed by atoms with van der Waals surface area (Å²) in [6.45, 7) is 2.16. The standard InChI is InChI=1S/C9H13N5/c10-8-7-6(12-9(11)13-8)5-1-3-14(7)4-2-5/h5H,1-4H2,(H4,10,11,12,13). The van der Waals surface area contributed by atoms with E-state index in [0.29, 0.717) is 17.7 Å². The maximum absolute atomic E-state index is 5.86. The summed E-state index contributed by atoms with van der Waals surface area (Å²) < 4.78 is 0. The fraction of sp³-hybridized carbons (Fsp3) is 0.556. The summed E-state index contributed by atoms with van der Waals surface area (Å²) in [5, 5.41) is 0. The van der Waals surface area contributed by atoms with Crippen molar-refractivity contribution in [2.45, 2.75) is 18.8 Å². The summed E-state index contributed by atoms with van der Waals surface area (Å²) in [5.74, 6) is 1.38. The van der Waals surface area contributed by atoms with Gasteiger partial charge in [0.1, 0.15) is 5.69 Å². The molecular formula is C9H13N5. The Labute approximate surface area is 82.1 Å². The molecule has 0 amide bonds. The van der Waals surface area contributed by atoms with Gasteiger partial charge >= 0.3 is 0 Å². The van der Waals surface area contributed by atoms with Crippen LogP contribution in [0, 0.1) is 0 Å². The number of aromatic nitrogens is 2. The van der Waals surface area contributed by atoms with Crippen LogP contribution < -0.4 is 16.4 Å². The van der Waals surface area contributed by atoms with Crippen LogP contribution in [0.15, 0.2) is 0 Å². The zero-order valence-corrected chi connectivity index (χ0v) is 7.90. The normalized spacial score (nSPS) is 19.9. The fourth-order valence-electron chi connectivity index (χ4n) is 2.49. The number of nitrogen functional groups attached to an aromatic ring is 2. The Bertz CT molecular complexity index is 381. The van der Waals surface area contributed by atoms with E-state index in [-0.39, 0.29) is 0 Å². The molecule has 4 rings (SSSR count). The van der Waals surface area contributed by atoms with E-state index < -0.39 is 0 Å². The molecule has 1 saturated heterocycles. The number of rotatable bonds is 0. The lowest BCUT2D eigenvalue weighted by atomic mass is 9.87. The maximum Gasteiger partial charge on any atom is 0.222 e. The predicted molar refractivity (Wildman–Crippen MR) is 55.0 cm³/mol. The average molecular weight is 191 g/mol. The van der Waals surface area contributed by atoms with Gasteiger partial charge in [-0.1, -0.05) is 0 Å². The minimum atomic E-state index is 0.301. The van der Waals surface area contributed by atoms with Crippen molar-refractivity contribution in [3.05, 3.63) is 5.69 Å². The Morgan fingerprint density at radius 2 is 1.86 bits per heavy atom. The van der Waals surface area contributed by atoms with E-state index in [1.807, 2.05) is 0 Å². The molecule has 14 heavy (non-hydrogen) atoms. The molecule has 1 aromatic heterocycles. The first kappa shape index (κ1) is 7.84.